The van der Waals surface area contributed by atoms with Crippen LogP contribution in [0.4, 0.5) is 34.1 Å². The molecule has 0 aliphatic heterocycles. The fraction of sp³-hybridized carbons (Fsp3) is 0. The molecule has 72 heavy (non-hydrogen) atoms. The molecule has 0 N–H and O–H groups in total. The summed E-state index contributed by atoms with van der Waals surface area (Å²) in [5, 5.41) is 5.92. The highest BCUT2D eigenvalue weighted by molar-refractivity contribution is 6.31. The van der Waals surface area contributed by atoms with Crippen molar-refractivity contribution in [2.24, 2.45) is 0 Å². The third-order valence-electron chi connectivity index (χ3n) is 13.5. The van der Waals surface area contributed by atoms with Crippen molar-refractivity contribution in [3.05, 3.63) is 289 Å². The van der Waals surface area contributed by atoms with Crippen molar-refractivity contribution in [2.75, 3.05) is 9.80 Å². The molecule has 0 bridgehead atoms. The summed E-state index contributed by atoms with van der Waals surface area (Å²) in [6.45, 7) is 0. The fourth-order valence-electron chi connectivity index (χ4n) is 10.3. The van der Waals surface area contributed by atoms with Crippen LogP contribution in [0.3, 0.4) is 0 Å². The molecule has 12 rings (SSSR count). The number of hydrogen-bond donors (Lipinski definition) is 0. The average Bonchev–Trinajstić information content (AvgIpc) is 3.43. The van der Waals surface area contributed by atoms with Gasteiger partial charge in [0.1, 0.15) is 0 Å². The second-order valence-corrected chi connectivity index (χ2v) is 18.8. The Labute approximate surface area is 430 Å². The van der Waals surface area contributed by atoms with Gasteiger partial charge in [-0.05, 0) is 116 Å². The van der Waals surface area contributed by atoms with E-state index in [0.717, 1.165) is 111 Å². The first kappa shape index (κ1) is 44.5. The molecular formula is C68H46Cl2N2. The summed E-state index contributed by atoms with van der Waals surface area (Å²) in [5.41, 5.74) is 16.6. The van der Waals surface area contributed by atoms with Gasteiger partial charge in [0.05, 0.1) is 11.4 Å². The molecule has 0 aliphatic carbocycles. The molecule has 342 valence electrons. The normalized spacial score (nSPS) is 11.2. The quantitative estimate of drug-likeness (QED) is 0.119. The van der Waals surface area contributed by atoms with Crippen LogP contribution in [0.25, 0.3) is 77.2 Å². The van der Waals surface area contributed by atoms with Crippen molar-refractivity contribution in [3.8, 4) is 55.6 Å². The van der Waals surface area contributed by atoms with Crippen LogP contribution < -0.4 is 9.80 Å². The predicted molar refractivity (Wildman–Crippen MR) is 308 cm³/mol. The van der Waals surface area contributed by atoms with Crippen molar-refractivity contribution in [3.63, 3.8) is 0 Å². The molecule has 0 aromatic heterocycles. The first-order valence-corrected chi connectivity index (χ1v) is 25.0. The lowest BCUT2D eigenvalue weighted by Crippen LogP contribution is -2.16. The molecule has 0 radical (unpaired) electrons. The highest BCUT2D eigenvalue weighted by Crippen LogP contribution is 2.53. The molecule has 0 fully saturated rings. The van der Waals surface area contributed by atoms with Gasteiger partial charge in [-0.25, -0.2) is 0 Å². The Morgan fingerprint density at radius 2 is 0.569 bits per heavy atom. The first-order chi connectivity index (χ1) is 35.6. The number of anilines is 6. The van der Waals surface area contributed by atoms with Gasteiger partial charge in [0, 0.05) is 55.0 Å². The maximum atomic E-state index is 7.10. The van der Waals surface area contributed by atoms with E-state index in [2.05, 4.69) is 265 Å². The van der Waals surface area contributed by atoms with Gasteiger partial charge in [0.15, 0.2) is 0 Å². The minimum absolute atomic E-state index is 0.636. The fourth-order valence-corrected chi connectivity index (χ4v) is 10.7. The highest BCUT2D eigenvalue weighted by Gasteiger charge is 2.28. The predicted octanol–water partition coefficient (Wildman–Crippen LogP) is 20.6. The van der Waals surface area contributed by atoms with Crippen LogP contribution in [0, 0.1) is 0 Å². The Balaban J connectivity index is 1.26. The lowest BCUT2D eigenvalue weighted by Gasteiger charge is -2.34. The third-order valence-corrected chi connectivity index (χ3v) is 13.9. The lowest BCUT2D eigenvalue weighted by atomic mass is 9.90. The van der Waals surface area contributed by atoms with Crippen molar-refractivity contribution in [2.45, 2.75) is 0 Å². The number of fused-ring (bicyclic) bond motifs is 2. The molecular weight excluding hydrogens is 916 g/mol. The molecule has 0 amide bonds. The Kier molecular flexibility index (Phi) is 12.1. The number of halogens is 2. The van der Waals surface area contributed by atoms with E-state index < -0.39 is 0 Å². The smallest absolute Gasteiger partial charge is 0.0618 e. The molecule has 0 spiro atoms. The second-order valence-electron chi connectivity index (χ2n) is 17.9. The SMILES string of the molecule is Clc1cccc(N(c2cc(-c3c4ccccc4cc4ccccc34)cc(N(c3cccc(Cl)c3)c3c(-c4ccccc4)cccc3-c3ccccc3)c2)c2c(-c3ccccc3)cccc2-c2ccccc2)c1. The average molecular weight is 962 g/mol. The number of para-hydroxylation sites is 2. The van der Waals surface area contributed by atoms with Gasteiger partial charge in [0.25, 0.3) is 0 Å². The summed E-state index contributed by atoms with van der Waals surface area (Å²) >= 11 is 14.2. The highest BCUT2D eigenvalue weighted by atomic mass is 35.5. The van der Waals surface area contributed by atoms with Gasteiger partial charge >= 0.3 is 0 Å². The molecule has 4 heteroatoms. The van der Waals surface area contributed by atoms with Gasteiger partial charge in [-0.3, -0.25) is 0 Å². The van der Waals surface area contributed by atoms with Crippen LogP contribution in [0.2, 0.25) is 10.0 Å². The van der Waals surface area contributed by atoms with Crippen LogP contribution in [0.5, 0.6) is 0 Å². The van der Waals surface area contributed by atoms with E-state index in [1.807, 2.05) is 24.3 Å². The summed E-state index contributed by atoms with van der Waals surface area (Å²) in [6.07, 6.45) is 0. The van der Waals surface area contributed by atoms with Gasteiger partial charge < -0.3 is 9.80 Å². The molecule has 12 aromatic rings. The molecule has 0 heterocycles. The molecule has 0 saturated carbocycles. The zero-order valence-electron chi connectivity index (χ0n) is 39.2. The van der Waals surface area contributed by atoms with E-state index in [0.29, 0.717) is 10.0 Å². The van der Waals surface area contributed by atoms with Crippen LogP contribution in [0.15, 0.2) is 279 Å². The van der Waals surface area contributed by atoms with Crippen LogP contribution >= 0.6 is 23.2 Å². The summed E-state index contributed by atoms with van der Waals surface area (Å²) in [7, 11) is 0. The summed E-state index contributed by atoms with van der Waals surface area (Å²) in [6, 6.07) is 99.3. The summed E-state index contributed by atoms with van der Waals surface area (Å²) in [5.74, 6) is 0. The number of nitrogens with zero attached hydrogens (tertiary/aromatic N) is 2. The molecule has 0 unspecified atom stereocenters. The van der Waals surface area contributed by atoms with Crippen LogP contribution in [-0.2, 0) is 0 Å². The zero-order valence-corrected chi connectivity index (χ0v) is 40.7. The standard InChI is InChI=1S/C68H46Cl2N2/c69-54-31-17-33-56(44-54)71(67-62(47-21-5-1-6-22-47)37-19-38-63(67)48-23-7-2-8-24-48)58-42-53(66-60-35-15-13-29-51(60)41-52-30-14-16-36-61(52)66)43-59(46-58)72(57-34-18-32-55(70)45-57)68-64(49-25-9-3-10-26-49)39-20-40-65(68)50-27-11-4-12-28-50/h1-46H. The summed E-state index contributed by atoms with van der Waals surface area (Å²) < 4.78 is 0. The lowest BCUT2D eigenvalue weighted by molar-refractivity contribution is 1.25. The number of benzene rings is 12. The second kappa shape index (κ2) is 19.6. The van der Waals surface area contributed by atoms with E-state index in [-0.39, 0.29) is 0 Å². The molecule has 0 aliphatic rings. The van der Waals surface area contributed by atoms with Gasteiger partial charge in [0.2, 0.25) is 0 Å². The van der Waals surface area contributed by atoms with Crippen molar-refractivity contribution >= 4 is 78.9 Å². The third kappa shape index (κ3) is 8.58. The monoisotopic (exact) mass is 960 g/mol. The Morgan fingerprint density at radius 3 is 0.931 bits per heavy atom. The van der Waals surface area contributed by atoms with Crippen molar-refractivity contribution in [1.82, 2.24) is 0 Å². The Bertz CT molecular complexity index is 3530. The minimum Gasteiger partial charge on any atom is -0.309 e. The van der Waals surface area contributed by atoms with Crippen molar-refractivity contribution in [1.29, 1.82) is 0 Å². The van der Waals surface area contributed by atoms with E-state index in [1.165, 1.54) is 0 Å². The molecule has 12 aromatic carbocycles. The van der Waals surface area contributed by atoms with Crippen LogP contribution in [0.1, 0.15) is 0 Å². The van der Waals surface area contributed by atoms with Crippen molar-refractivity contribution < 1.29 is 0 Å². The maximum absolute atomic E-state index is 7.10. The van der Waals surface area contributed by atoms with E-state index in [4.69, 9.17) is 23.2 Å². The number of hydrogen-bond acceptors (Lipinski definition) is 2. The first-order valence-electron chi connectivity index (χ1n) is 24.2. The van der Waals surface area contributed by atoms with E-state index in [1.54, 1.807) is 0 Å². The van der Waals surface area contributed by atoms with Gasteiger partial charge in [-0.2, -0.15) is 0 Å². The number of rotatable bonds is 11. The largest absolute Gasteiger partial charge is 0.309 e. The van der Waals surface area contributed by atoms with Gasteiger partial charge in [-0.1, -0.05) is 242 Å². The molecule has 0 saturated heterocycles. The van der Waals surface area contributed by atoms with E-state index >= 15 is 0 Å². The van der Waals surface area contributed by atoms with E-state index in [9.17, 15) is 0 Å². The van der Waals surface area contributed by atoms with Crippen LogP contribution in [-0.4, -0.2) is 0 Å². The maximum Gasteiger partial charge on any atom is 0.0618 e. The van der Waals surface area contributed by atoms with Gasteiger partial charge in [-0.15, -0.1) is 0 Å². The molecule has 2 nitrogen and oxygen atoms in total. The summed E-state index contributed by atoms with van der Waals surface area (Å²) in [4.78, 5) is 4.82. The Hall–Kier alpha value is -8.66. The zero-order chi connectivity index (χ0) is 48.4. The molecule has 0 atom stereocenters. The Morgan fingerprint density at radius 1 is 0.236 bits per heavy atom. The topological polar surface area (TPSA) is 6.48 Å². The minimum atomic E-state index is 0.636.